The summed E-state index contributed by atoms with van der Waals surface area (Å²) < 4.78 is 0. The lowest BCUT2D eigenvalue weighted by atomic mass is 9.61. The molecule has 1 saturated carbocycles. The number of nitrogens with one attached hydrogen (secondary N) is 1. The van der Waals surface area contributed by atoms with Crippen LogP contribution in [0.3, 0.4) is 0 Å². The van der Waals surface area contributed by atoms with Crippen LogP contribution in [0.1, 0.15) is 74.1 Å². The molecule has 1 aliphatic heterocycles. The van der Waals surface area contributed by atoms with Crippen molar-refractivity contribution in [2.75, 3.05) is 0 Å². The van der Waals surface area contributed by atoms with Crippen LogP contribution in [0, 0.1) is 26.2 Å². The minimum atomic E-state index is -0.751. The molecule has 1 aromatic rings. The van der Waals surface area contributed by atoms with Crippen LogP contribution in [0.4, 0.5) is 0 Å². The molecule has 2 atom stereocenters. The molecule has 24 heavy (non-hydrogen) atoms. The molecule has 0 bridgehead atoms. The summed E-state index contributed by atoms with van der Waals surface area (Å²) in [5, 5.41) is 3.12. The Balaban J connectivity index is 2.04. The summed E-state index contributed by atoms with van der Waals surface area (Å²) in [6.07, 6.45) is 5.53. The van der Waals surface area contributed by atoms with Gasteiger partial charge in [-0.1, -0.05) is 43.9 Å². The smallest absolute Gasteiger partial charge is 0.235 e. The second kappa shape index (κ2) is 5.72. The molecule has 3 rings (SSSR count). The van der Waals surface area contributed by atoms with Gasteiger partial charge in [0.05, 0.1) is 0 Å². The van der Waals surface area contributed by atoms with E-state index in [1.165, 1.54) is 12.0 Å². The van der Waals surface area contributed by atoms with Gasteiger partial charge in [-0.15, -0.1) is 0 Å². The third-order valence-electron chi connectivity index (χ3n) is 6.58. The number of carbonyl (C=O) groups is 2. The summed E-state index contributed by atoms with van der Waals surface area (Å²) in [5.74, 6) is -0.717. The number of hydrogen-bond acceptors (Lipinski definition) is 2. The summed E-state index contributed by atoms with van der Waals surface area (Å²) in [7, 11) is 0. The van der Waals surface area contributed by atoms with Crippen LogP contribution in [0.25, 0.3) is 0 Å². The molecule has 0 spiro atoms. The van der Waals surface area contributed by atoms with Crippen LogP contribution in [0.15, 0.2) is 12.1 Å². The average Bonchev–Trinajstić information content (AvgIpc) is 2.72. The van der Waals surface area contributed by atoms with E-state index in [2.05, 4.69) is 24.4 Å². The Kier molecular flexibility index (Phi) is 4.09. The van der Waals surface area contributed by atoms with E-state index in [1.807, 2.05) is 27.7 Å². The van der Waals surface area contributed by atoms with E-state index in [0.29, 0.717) is 0 Å². The Morgan fingerprint density at radius 2 is 1.50 bits per heavy atom. The van der Waals surface area contributed by atoms with Crippen molar-refractivity contribution in [3.63, 3.8) is 0 Å². The van der Waals surface area contributed by atoms with E-state index in [4.69, 9.17) is 0 Å². The first-order chi connectivity index (χ1) is 11.2. The van der Waals surface area contributed by atoms with Crippen LogP contribution in [-0.4, -0.2) is 17.2 Å². The van der Waals surface area contributed by atoms with Gasteiger partial charge < -0.3 is 5.32 Å². The minimum absolute atomic E-state index is 0.0620. The average molecular weight is 327 g/mol. The minimum Gasteiger partial charge on any atom is -0.342 e. The summed E-state index contributed by atoms with van der Waals surface area (Å²) in [6.45, 7) is 10.2. The van der Waals surface area contributed by atoms with E-state index in [9.17, 15) is 9.59 Å². The fourth-order valence-corrected chi connectivity index (χ4v) is 4.98. The molecule has 0 aromatic heterocycles. The van der Waals surface area contributed by atoms with E-state index in [0.717, 1.165) is 42.4 Å². The van der Waals surface area contributed by atoms with E-state index < -0.39 is 11.5 Å². The molecular formula is C21H29NO2. The van der Waals surface area contributed by atoms with Crippen LogP contribution in [0.5, 0.6) is 0 Å². The summed E-state index contributed by atoms with van der Waals surface area (Å²) in [6, 6.07) is 4.14. The summed E-state index contributed by atoms with van der Waals surface area (Å²) in [4.78, 5) is 26.3. The topological polar surface area (TPSA) is 46.2 Å². The highest BCUT2D eigenvalue weighted by molar-refractivity contribution is 6.17. The lowest BCUT2D eigenvalue weighted by molar-refractivity contribution is -0.128. The predicted octanol–water partition coefficient (Wildman–Crippen LogP) is 4.12. The molecule has 130 valence electrons. The number of amides is 1. The van der Waals surface area contributed by atoms with Gasteiger partial charge in [-0.2, -0.15) is 0 Å². The zero-order valence-electron chi connectivity index (χ0n) is 15.6. The van der Waals surface area contributed by atoms with Gasteiger partial charge in [0, 0.05) is 0 Å². The molecule has 3 nitrogen and oxygen atoms in total. The molecule has 3 heteroatoms. The highest BCUT2D eigenvalue weighted by Gasteiger charge is 2.59. The maximum Gasteiger partial charge on any atom is 0.235 e. The van der Waals surface area contributed by atoms with E-state index in [-0.39, 0.29) is 17.1 Å². The zero-order valence-corrected chi connectivity index (χ0v) is 15.6. The maximum atomic E-state index is 13.4. The maximum absolute atomic E-state index is 13.4. The normalized spacial score (nSPS) is 29.6. The number of aryl methyl sites for hydroxylation is 3. The van der Waals surface area contributed by atoms with Crippen LogP contribution in [0.2, 0.25) is 0 Å². The first kappa shape index (κ1) is 17.2. The molecule has 1 aliphatic carbocycles. The molecule has 2 aliphatic rings. The van der Waals surface area contributed by atoms with E-state index in [1.54, 1.807) is 0 Å². The summed E-state index contributed by atoms with van der Waals surface area (Å²) >= 11 is 0. The Hall–Kier alpha value is -1.64. The number of hydrogen-bond donors (Lipinski definition) is 1. The fourth-order valence-electron chi connectivity index (χ4n) is 4.98. The largest absolute Gasteiger partial charge is 0.342 e. The number of rotatable bonds is 2. The number of benzene rings is 1. The standard InChI is InChI=1S/C21H29NO2/c1-13-11-14(2)16(15(3)12-13)17-18(23)21(5,22-19(17)24)20(4)9-7-6-8-10-20/h11-12,17H,6-10H2,1-5H3,(H,22,24). The van der Waals surface area contributed by atoms with Crippen molar-refractivity contribution in [2.45, 2.75) is 78.2 Å². The van der Waals surface area contributed by atoms with Gasteiger partial charge in [-0.25, -0.2) is 0 Å². The fraction of sp³-hybridized carbons (Fsp3) is 0.619. The van der Waals surface area contributed by atoms with E-state index >= 15 is 0 Å². The van der Waals surface area contributed by atoms with Gasteiger partial charge in [0.15, 0.2) is 5.78 Å². The Morgan fingerprint density at radius 1 is 0.958 bits per heavy atom. The van der Waals surface area contributed by atoms with Crippen molar-refractivity contribution >= 4 is 11.7 Å². The molecule has 1 saturated heterocycles. The molecular weight excluding hydrogens is 298 g/mol. The Morgan fingerprint density at radius 3 is 2.04 bits per heavy atom. The highest BCUT2D eigenvalue weighted by Crippen LogP contribution is 2.49. The third-order valence-corrected chi connectivity index (χ3v) is 6.58. The Bertz CT molecular complexity index is 677. The van der Waals surface area contributed by atoms with Crippen molar-refractivity contribution in [1.82, 2.24) is 5.32 Å². The van der Waals surface area contributed by atoms with Crippen LogP contribution in [-0.2, 0) is 9.59 Å². The predicted molar refractivity (Wildman–Crippen MR) is 96.1 cm³/mol. The number of Topliss-reactive ketones (excluding diaryl/α,β-unsaturated/α-hetero) is 1. The van der Waals surface area contributed by atoms with Crippen molar-refractivity contribution in [2.24, 2.45) is 5.41 Å². The third kappa shape index (κ3) is 2.40. The van der Waals surface area contributed by atoms with Gasteiger partial charge in [0.1, 0.15) is 11.5 Å². The van der Waals surface area contributed by atoms with Crippen LogP contribution < -0.4 is 5.32 Å². The quantitative estimate of drug-likeness (QED) is 0.830. The van der Waals surface area contributed by atoms with Crippen LogP contribution >= 0.6 is 0 Å². The van der Waals surface area contributed by atoms with Gasteiger partial charge >= 0.3 is 0 Å². The lowest BCUT2D eigenvalue weighted by Crippen LogP contribution is -2.57. The van der Waals surface area contributed by atoms with Crippen molar-refractivity contribution in [1.29, 1.82) is 0 Å². The molecule has 1 amide bonds. The SMILES string of the molecule is Cc1cc(C)c(C2C(=O)NC(C)(C3(C)CCCCC3)C2=O)c(C)c1. The highest BCUT2D eigenvalue weighted by atomic mass is 16.2. The second-order valence-corrected chi connectivity index (χ2v) is 8.35. The molecule has 1 N–H and O–H groups in total. The van der Waals surface area contributed by atoms with Crippen molar-refractivity contribution in [3.8, 4) is 0 Å². The van der Waals surface area contributed by atoms with Gasteiger partial charge in [0.25, 0.3) is 0 Å². The van der Waals surface area contributed by atoms with Crippen molar-refractivity contribution < 1.29 is 9.59 Å². The van der Waals surface area contributed by atoms with Gasteiger partial charge in [0.2, 0.25) is 5.91 Å². The molecule has 0 radical (unpaired) electrons. The molecule has 1 heterocycles. The second-order valence-electron chi connectivity index (χ2n) is 8.35. The monoisotopic (exact) mass is 327 g/mol. The molecule has 2 fully saturated rings. The first-order valence-electron chi connectivity index (χ1n) is 9.14. The van der Waals surface area contributed by atoms with Crippen molar-refractivity contribution in [3.05, 3.63) is 34.4 Å². The molecule has 1 aromatic carbocycles. The lowest BCUT2D eigenvalue weighted by Gasteiger charge is -2.45. The van der Waals surface area contributed by atoms with Gasteiger partial charge in [-0.3, -0.25) is 9.59 Å². The number of ketones is 1. The first-order valence-corrected chi connectivity index (χ1v) is 9.14. The molecule has 2 unspecified atom stereocenters. The Labute approximate surface area is 145 Å². The number of carbonyl (C=O) groups excluding carboxylic acids is 2. The zero-order chi connectivity index (χ0) is 17.7. The summed E-state index contributed by atoms with van der Waals surface area (Å²) in [5.41, 5.74) is 3.27. The van der Waals surface area contributed by atoms with Gasteiger partial charge in [-0.05, 0) is 62.6 Å².